The van der Waals surface area contributed by atoms with Gasteiger partial charge in [0.05, 0.1) is 16.5 Å². The van der Waals surface area contributed by atoms with E-state index in [1.54, 1.807) is 18.2 Å². The van der Waals surface area contributed by atoms with E-state index in [1.807, 2.05) is 6.07 Å². The average Bonchev–Trinajstić information content (AvgIpc) is 2.54. The van der Waals surface area contributed by atoms with Crippen molar-refractivity contribution in [2.24, 2.45) is 0 Å². The van der Waals surface area contributed by atoms with Crippen LogP contribution in [0, 0.1) is 11.3 Å². The van der Waals surface area contributed by atoms with E-state index in [4.69, 9.17) is 5.26 Å². The molecule has 0 radical (unpaired) electrons. The lowest BCUT2D eigenvalue weighted by Crippen LogP contribution is -2.29. The monoisotopic (exact) mass is 321 g/mol. The number of rotatable bonds is 5. The Morgan fingerprint density at radius 3 is 2.14 bits per heavy atom. The first kappa shape index (κ1) is 16.1. The molecule has 0 fully saturated rings. The molecule has 0 saturated carbocycles. The van der Waals surface area contributed by atoms with Gasteiger partial charge in [-0.3, -0.25) is 0 Å². The molecule has 114 valence electrons. The highest BCUT2D eigenvalue weighted by atomic mass is 32.2. The Bertz CT molecular complexity index is 779. The number of hydrogen-bond donors (Lipinski definition) is 0. The fourth-order valence-electron chi connectivity index (χ4n) is 1.94. The molecule has 2 aromatic carbocycles. The Balaban J connectivity index is 2.15. The van der Waals surface area contributed by atoms with Crippen LogP contribution >= 0.6 is 0 Å². The maximum absolute atomic E-state index is 14.1. The minimum absolute atomic E-state index is 0.0925. The van der Waals surface area contributed by atoms with Gasteiger partial charge in [0.2, 0.25) is 9.84 Å². The van der Waals surface area contributed by atoms with E-state index in [2.05, 4.69) is 0 Å². The molecule has 0 saturated heterocycles. The summed E-state index contributed by atoms with van der Waals surface area (Å²) in [4.78, 5) is -0.389. The van der Waals surface area contributed by atoms with Gasteiger partial charge in [0.1, 0.15) is 0 Å². The van der Waals surface area contributed by atoms with Crippen molar-refractivity contribution in [2.45, 2.75) is 23.0 Å². The van der Waals surface area contributed by atoms with Gasteiger partial charge >= 0.3 is 5.25 Å². The Morgan fingerprint density at radius 2 is 1.59 bits per heavy atom. The zero-order valence-corrected chi connectivity index (χ0v) is 12.4. The largest absolute Gasteiger partial charge is 0.350 e. The Morgan fingerprint density at radius 1 is 1.00 bits per heavy atom. The molecule has 3 nitrogen and oxygen atoms in total. The van der Waals surface area contributed by atoms with Crippen LogP contribution in [0.5, 0.6) is 0 Å². The molecular formula is C16H13F2NO2S. The second-order valence-electron chi connectivity index (χ2n) is 4.76. The van der Waals surface area contributed by atoms with Crippen LogP contribution in [0.25, 0.3) is 0 Å². The van der Waals surface area contributed by atoms with Crippen LogP contribution < -0.4 is 0 Å². The van der Waals surface area contributed by atoms with Crippen LogP contribution in [0.15, 0.2) is 59.5 Å². The SMILES string of the molecule is N#Cc1ccc(CCC(F)(F)S(=O)(=O)c2ccccc2)cc1. The summed E-state index contributed by atoms with van der Waals surface area (Å²) in [5.74, 6) is 0. The third-order valence-corrected chi connectivity index (χ3v) is 5.12. The molecule has 0 aliphatic carbocycles. The van der Waals surface area contributed by atoms with E-state index in [-0.39, 0.29) is 11.3 Å². The van der Waals surface area contributed by atoms with Crippen molar-refractivity contribution in [2.75, 3.05) is 0 Å². The van der Waals surface area contributed by atoms with Crippen LogP contribution in [-0.4, -0.2) is 13.7 Å². The van der Waals surface area contributed by atoms with Gasteiger partial charge < -0.3 is 0 Å². The predicted molar refractivity (Wildman–Crippen MR) is 78.1 cm³/mol. The molecule has 0 heterocycles. The number of alkyl halides is 2. The van der Waals surface area contributed by atoms with Crippen LogP contribution in [0.1, 0.15) is 17.5 Å². The third-order valence-electron chi connectivity index (χ3n) is 3.23. The Kier molecular flexibility index (Phi) is 4.57. The molecule has 22 heavy (non-hydrogen) atoms. The highest BCUT2D eigenvalue weighted by Gasteiger charge is 2.45. The van der Waals surface area contributed by atoms with E-state index >= 15 is 0 Å². The second-order valence-corrected chi connectivity index (χ2v) is 6.84. The van der Waals surface area contributed by atoms with Crippen LogP contribution in [0.2, 0.25) is 0 Å². The maximum atomic E-state index is 14.1. The summed E-state index contributed by atoms with van der Waals surface area (Å²) in [6.45, 7) is 0. The molecule has 2 aromatic rings. The molecular weight excluding hydrogens is 308 g/mol. The van der Waals surface area contributed by atoms with Crippen molar-refractivity contribution in [3.8, 4) is 6.07 Å². The third kappa shape index (κ3) is 3.31. The van der Waals surface area contributed by atoms with E-state index in [0.717, 1.165) is 12.1 Å². The number of benzene rings is 2. The van der Waals surface area contributed by atoms with Gasteiger partial charge in [-0.2, -0.15) is 14.0 Å². The van der Waals surface area contributed by atoms with Crippen molar-refractivity contribution in [1.82, 2.24) is 0 Å². The van der Waals surface area contributed by atoms with Gasteiger partial charge in [-0.1, -0.05) is 30.3 Å². The molecule has 0 amide bonds. The van der Waals surface area contributed by atoms with Crippen LogP contribution in [-0.2, 0) is 16.3 Å². The van der Waals surface area contributed by atoms with Gasteiger partial charge in [0.15, 0.2) is 0 Å². The summed E-state index contributed by atoms with van der Waals surface area (Å²) in [7, 11) is -4.71. The predicted octanol–water partition coefficient (Wildman–Crippen LogP) is 3.56. The molecule has 0 N–H and O–H groups in total. The molecule has 2 rings (SSSR count). The zero-order chi connectivity index (χ0) is 16.2. The van der Waals surface area contributed by atoms with E-state index in [0.29, 0.717) is 11.1 Å². The van der Waals surface area contributed by atoms with Crippen molar-refractivity contribution < 1.29 is 17.2 Å². The van der Waals surface area contributed by atoms with Gasteiger partial charge in [0.25, 0.3) is 0 Å². The van der Waals surface area contributed by atoms with Gasteiger partial charge in [-0.15, -0.1) is 0 Å². The summed E-state index contributed by atoms with van der Waals surface area (Å²) in [6, 6.07) is 14.7. The lowest BCUT2D eigenvalue weighted by atomic mass is 10.1. The summed E-state index contributed by atoms with van der Waals surface area (Å²) in [6.07, 6.45) is -0.902. The summed E-state index contributed by atoms with van der Waals surface area (Å²) < 4.78 is 52.1. The molecule has 6 heteroatoms. The first-order chi connectivity index (χ1) is 10.4. The molecule has 0 atom stereocenters. The van der Waals surface area contributed by atoms with Crippen LogP contribution in [0.4, 0.5) is 8.78 Å². The smallest absolute Gasteiger partial charge is 0.217 e. The van der Waals surface area contributed by atoms with Crippen molar-refractivity contribution in [1.29, 1.82) is 5.26 Å². The van der Waals surface area contributed by atoms with Crippen molar-refractivity contribution in [3.63, 3.8) is 0 Å². The quantitative estimate of drug-likeness (QED) is 0.846. The average molecular weight is 321 g/mol. The van der Waals surface area contributed by atoms with E-state index in [9.17, 15) is 17.2 Å². The highest BCUT2D eigenvalue weighted by molar-refractivity contribution is 7.92. The zero-order valence-electron chi connectivity index (χ0n) is 11.5. The molecule has 0 bridgehead atoms. The Labute approximate surface area is 127 Å². The van der Waals surface area contributed by atoms with Gasteiger partial charge in [-0.05, 0) is 36.2 Å². The number of hydrogen-bond acceptors (Lipinski definition) is 3. The van der Waals surface area contributed by atoms with Gasteiger partial charge in [0, 0.05) is 6.42 Å². The molecule has 0 aliphatic heterocycles. The topological polar surface area (TPSA) is 57.9 Å². The molecule has 0 unspecified atom stereocenters. The minimum Gasteiger partial charge on any atom is -0.217 e. The first-order valence-corrected chi connectivity index (χ1v) is 8.02. The standard InChI is InChI=1S/C16H13F2NO2S/c17-16(18,22(20,21)15-4-2-1-3-5-15)11-10-13-6-8-14(12-19)9-7-13/h1-9H,10-11H2. The van der Waals surface area contributed by atoms with Crippen molar-refractivity contribution in [3.05, 3.63) is 65.7 Å². The molecule has 0 spiro atoms. The number of sulfone groups is 1. The minimum atomic E-state index is -4.71. The summed E-state index contributed by atoms with van der Waals surface area (Å²) >= 11 is 0. The van der Waals surface area contributed by atoms with E-state index < -0.39 is 21.5 Å². The fourth-order valence-corrected chi connectivity index (χ4v) is 3.17. The van der Waals surface area contributed by atoms with E-state index in [1.165, 1.54) is 24.3 Å². The summed E-state index contributed by atoms with van der Waals surface area (Å²) in [5, 5.41) is 4.83. The Hall–Kier alpha value is -2.26. The number of nitrogens with zero attached hydrogens (tertiary/aromatic N) is 1. The van der Waals surface area contributed by atoms with Crippen molar-refractivity contribution >= 4 is 9.84 Å². The normalized spacial score (nSPS) is 11.9. The number of nitriles is 1. The second kappa shape index (κ2) is 6.24. The van der Waals surface area contributed by atoms with Gasteiger partial charge in [-0.25, -0.2) is 8.42 Å². The molecule has 0 aromatic heterocycles. The number of halogens is 2. The fraction of sp³-hybridized carbons (Fsp3) is 0.188. The summed E-state index contributed by atoms with van der Waals surface area (Å²) in [5.41, 5.74) is 0.981. The molecule has 0 aliphatic rings. The maximum Gasteiger partial charge on any atom is 0.350 e. The number of aryl methyl sites for hydroxylation is 1. The lowest BCUT2D eigenvalue weighted by Gasteiger charge is -2.17. The van der Waals surface area contributed by atoms with Crippen LogP contribution in [0.3, 0.4) is 0 Å². The lowest BCUT2D eigenvalue weighted by molar-refractivity contribution is 0.0824. The highest BCUT2D eigenvalue weighted by Crippen LogP contribution is 2.33. The first-order valence-electron chi connectivity index (χ1n) is 6.53.